The monoisotopic (exact) mass is 327 g/mol. The highest BCUT2D eigenvalue weighted by Crippen LogP contribution is 2.20. The van der Waals surface area contributed by atoms with E-state index in [0.717, 1.165) is 12.0 Å². The van der Waals surface area contributed by atoms with Crippen molar-refractivity contribution in [1.82, 2.24) is 25.4 Å². The highest BCUT2D eigenvalue weighted by Gasteiger charge is 2.34. The van der Waals surface area contributed by atoms with Gasteiger partial charge in [-0.3, -0.25) is 14.7 Å². The molecule has 24 heavy (non-hydrogen) atoms. The van der Waals surface area contributed by atoms with Crippen LogP contribution in [0.4, 0.5) is 0 Å². The zero-order valence-corrected chi connectivity index (χ0v) is 13.7. The number of rotatable bonds is 6. The Balaban J connectivity index is 1.53. The second kappa shape index (κ2) is 7.25. The summed E-state index contributed by atoms with van der Waals surface area (Å²) < 4.78 is 0. The van der Waals surface area contributed by atoms with Gasteiger partial charge in [0.15, 0.2) is 0 Å². The Labute approximate surface area is 140 Å². The maximum Gasteiger partial charge on any atom is 0.225 e. The maximum atomic E-state index is 12.2. The SMILES string of the molecule is CCc1ccc(CN2C[C@@H](C(=O)NCc3ncn[nH]3)CC2=O)cc1. The van der Waals surface area contributed by atoms with Gasteiger partial charge >= 0.3 is 0 Å². The van der Waals surface area contributed by atoms with Gasteiger partial charge in [-0.25, -0.2) is 4.98 Å². The molecule has 2 aromatic rings. The standard InChI is InChI=1S/C17H21N5O2/c1-2-12-3-5-13(6-4-12)9-22-10-14(7-16(22)23)17(24)18-8-15-19-11-20-21-15/h3-6,11,14H,2,7-10H2,1H3,(H,18,24)(H,19,20,21)/t14-/m0/s1. The first-order valence-electron chi connectivity index (χ1n) is 8.13. The molecule has 1 aliphatic rings. The van der Waals surface area contributed by atoms with Crippen molar-refractivity contribution < 1.29 is 9.59 Å². The zero-order chi connectivity index (χ0) is 16.9. The number of hydrogen-bond donors (Lipinski definition) is 2. The van der Waals surface area contributed by atoms with Crippen LogP contribution in [0.2, 0.25) is 0 Å². The van der Waals surface area contributed by atoms with Gasteiger partial charge in [-0.2, -0.15) is 5.10 Å². The molecule has 3 rings (SSSR count). The molecule has 1 fully saturated rings. The molecule has 2 N–H and O–H groups in total. The number of likely N-dealkylation sites (tertiary alicyclic amines) is 1. The van der Waals surface area contributed by atoms with Gasteiger partial charge < -0.3 is 10.2 Å². The molecule has 0 radical (unpaired) electrons. The van der Waals surface area contributed by atoms with Crippen LogP contribution in [-0.2, 0) is 29.1 Å². The molecule has 1 atom stereocenters. The molecule has 0 bridgehead atoms. The summed E-state index contributed by atoms with van der Waals surface area (Å²) in [6.07, 6.45) is 2.65. The van der Waals surface area contributed by atoms with Gasteiger partial charge in [-0.05, 0) is 17.5 Å². The molecule has 1 saturated heterocycles. The van der Waals surface area contributed by atoms with Crippen molar-refractivity contribution in [1.29, 1.82) is 0 Å². The van der Waals surface area contributed by atoms with Crippen LogP contribution in [0.1, 0.15) is 30.3 Å². The third-order valence-corrected chi connectivity index (χ3v) is 4.28. The van der Waals surface area contributed by atoms with Crippen molar-refractivity contribution >= 4 is 11.8 Å². The van der Waals surface area contributed by atoms with E-state index in [1.165, 1.54) is 11.9 Å². The van der Waals surface area contributed by atoms with Crippen molar-refractivity contribution in [3.05, 3.63) is 47.5 Å². The Morgan fingerprint density at radius 3 is 2.75 bits per heavy atom. The normalized spacial score (nSPS) is 17.3. The van der Waals surface area contributed by atoms with Gasteiger partial charge in [0.2, 0.25) is 11.8 Å². The van der Waals surface area contributed by atoms with Crippen molar-refractivity contribution in [3.8, 4) is 0 Å². The van der Waals surface area contributed by atoms with Gasteiger partial charge in [0, 0.05) is 19.5 Å². The number of nitrogens with zero attached hydrogens (tertiary/aromatic N) is 3. The minimum atomic E-state index is -0.310. The third-order valence-electron chi connectivity index (χ3n) is 4.28. The van der Waals surface area contributed by atoms with Crippen molar-refractivity contribution in [3.63, 3.8) is 0 Å². The number of hydrogen-bond acceptors (Lipinski definition) is 4. The van der Waals surface area contributed by atoms with E-state index in [4.69, 9.17) is 0 Å². The fourth-order valence-corrected chi connectivity index (χ4v) is 2.83. The lowest BCUT2D eigenvalue weighted by molar-refractivity contribution is -0.129. The number of aryl methyl sites for hydroxylation is 1. The Hall–Kier alpha value is -2.70. The molecule has 1 aromatic heterocycles. The lowest BCUT2D eigenvalue weighted by Crippen LogP contribution is -2.32. The molecule has 1 aliphatic heterocycles. The summed E-state index contributed by atoms with van der Waals surface area (Å²) in [5.74, 6) is 0.189. The van der Waals surface area contributed by atoms with Gasteiger partial charge in [-0.15, -0.1) is 0 Å². The predicted octanol–water partition coefficient (Wildman–Crippen LogP) is 1.03. The van der Waals surface area contributed by atoms with Crippen LogP contribution in [0.5, 0.6) is 0 Å². The molecule has 2 amide bonds. The third kappa shape index (κ3) is 3.79. The number of amides is 2. The fourth-order valence-electron chi connectivity index (χ4n) is 2.83. The number of aromatic nitrogens is 3. The molecule has 2 heterocycles. The van der Waals surface area contributed by atoms with Crippen LogP contribution in [0.3, 0.4) is 0 Å². The number of nitrogens with one attached hydrogen (secondary N) is 2. The predicted molar refractivity (Wildman–Crippen MR) is 87.6 cm³/mol. The van der Waals surface area contributed by atoms with E-state index >= 15 is 0 Å². The number of carbonyl (C=O) groups excluding carboxylic acids is 2. The lowest BCUT2D eigenvalue weighted by atomic mass is 10.1. The second-order valence-electron chi connectivity index (χ2n) is 6.00. The van der Waals surface area contributed by atoms with Crippen LogP contribution < -0.4 is 5.32 Å². The number of aromatic amines is 1. The highest BCUT2D eigenvalue weighted by atomic mass is 16.2. The average molecular weight is 327 g/mol. The van der Waals surface area contributed by atoms with Crippen LogP contribution in [0.15, 0.2) is 30.6 Å². The van der Waals surface area contributed by atoms with Crippen LogP contribution >= 0.6 is 0 Å². The van der Waals surface area contributed by atoms with Crippen LogP contribution in [-0.4, -0.2) is 38.4 Å². The quantitative estimate of drug-likeness (QED) is 0.829. The van der Waals surface area contributed by atoms with Crippen LogP contribution in [0, 0.1) is 5.92 Å². The van der Waals surface area contributed by atoms with E-state index < -0.39 is 0 Å². The number of benzene rings is 1. The topological polar surface area (TPSA) is 91.0 Å². The first-order valence-corrected chi connectivity index (χ1v) is 8.13. The van der Waals surface area contributed by atoms with Crippen molar-refractivity contribution in [2.24, 2.45) is 5.92 Å². The van der Waals surface area contributed by atoms with E-state index in [0.29, 0.717) is 25.5 Å². The summed E-state index contributed by atoms with van der Waals surface area (Å²) >= 11 is 0. The molecule has 0 aliphatic carbocycles. The average Bonchev–Trinajstić information content (AvgIpc) is 3.24. The second-order valence-corrected chi connectivity index (χ2v) is 6.00. The molecular weight excluding hydrogens is 306 g/mol. The highest BCUT2D eigenvalue weighted by molar-refractivity contribution is 5.89. The molecular formula is C17H21N5O2. The Morgan fingerprint density at radius 2 is 2.08 bits per heavy atom. The summed E-state index contributed by atoms with van der Waals surface area (Å²) in [5, 5.41) is 9.22. The Kier molecular flexibility index (Phi) is 4.88. The van der Waals surface area contributed by atoms with Crippen molar-refractivity contribution in [2.45, 2.75) is 32.9 Å². The van der Waals surface area contributed by atoms with E-state index in [2.05, 4.69) is 39.6 Å². The fraction of sp³-hybridized carbons (Fsp3) is 0.412. The molecule has 1 aromatic carbocycles. The molecule has 0 spiro atoms. The zero-order valence-electron chi connectivity index (χ0n) is 13.7. The Bertz CT molecular complexity index is 696. The molecule has 7 nitrogen and oxygen atoms in total. The molecule has 0 saturated carbocycles. The summed E-state index contributed by atoms with van der Waals surface area (Å²) in [6.45, 7) is 3.41. The molecule has 7 heteroatoms. The summed E-state index contributed by atoms with van der Waals surface area (Å²) in [7, 11) is 0. The summed E-state index contributed by atoms with van der Waals surface area (Å²) in [6, 6.07) is 8.25. The smallest absolute Gasteiger partial charge is 0.225 e. The molecule has 126 valence electrons. The number of carbonyl (C=O) groups is 2. The summed E-state index contributed by atoms with van der Waals surface area (Å²) in [5.41, 5.74) is 2.36. The van der Waals surface area contributed by atoms with E-state index in [9.17, 15) is 9.59 Å². The van der Waals surface area contributed by atoms with E-state index in [1.807, 2.05) is 12.1 Å². The molecule has 0 unspecified atom stereocenters. The summed E-state index contributed by atoms with van der Waals surface area (Å²) in [4.78, 5) is 30.1. The van der Waals surface area contributed by atoms with Gasteiger partial charge in [0.05, 0.1) is 12.5 Å². The largest absolute Gasteiger partial charge is 0.349 e. The number of H-pyrrole nitrogens is 1. The van der Waals surface area contributed by atoms with Gasteiger partial charge in [-0.1, -0.05) is 31.2 Å². The van der Waals surface area contributed by atoms with Gasteiger partial charge in [0.25, 0.3) is 0 Å². The van der Waals surface area contributed by atoms with E-state index in [1.54, 1.807) is 4.90 Å². The van der Waals surface area contributed by atoms with Crippen molar-refractivity contribution in [2.75, 3.05) is 6.54 Å². The first-order chi connectivity index (χ1) is 11.7. The van der Waals surface area contributed by atoms with Crippen LogP contribution in [0.25, 0.3) is 0 Å². The van der Waals surface area contributed by atoms with Gasteiger partial charge in [0.1, 0.15) is 12.2 Å². The first kappa shape index (κ1) is 16.2. The minimum absolute atomic E-state index is 0.0226. The maximum absolute atomic E-state index is 12.2. The lowest BCUT2D eigenvalue weighted by Gasteiger charge is -2.17. The minimum Gasteiger partial charge on any atom is -0.349 e. The van der Waals surface area contributed by atoms with E-state index in [-0.39, 0.29) is 24.2 Å². The Morgan fingerprint density at radius 1 is 1.33 bits per heavy atom.